The zero-order valence-electron chi connectivity index (χ0n) is 14.7. The molecule has 1 amide bonds. The predicted molar refractivity (Wildman–Crippen MR) is 70.1 cm³/mol. The van der Waals surface area contributed by atoms with Crippen LogP contribution >= 0.6 is 0 Å². The first-order valence-corrected chi connectivity index (χ1v) is 7.25. The van der Waals surface area contributed by atoms with Crippen LogP contribution in [0.4, 0.5) is 57.1 Å². The summed E-state index contributed by atoms with van der Waals surface area (Å²) in [5, 5.41) is 12.6. The van der Waals surface area contributed by atoms with Gasteiger partial charge in [-0.05, 0) is 0 Å². The number of nitrogens with one attached hydrogen (secondary N) is 1. The van der Waals surface area contributed by atoms with Gasteiger partial charge in [0.1, 0.15) is 6.61 Å². The summed E-state index contributed by atoms with van der Waals surface area (Å²) in [5.74, 6) is -17.9. The number of hydrogen-bond acceptors (Lipinski definition) is 3. The molecular weight excluding hydrogens is 467 g/mol. The Bertz CT molecular complexity index is 590. The summed E-state index contributed by atoms with van der Waals surface area (Å²) in [7, 11) is 1.97. The fourth-order valence-corrected chi connectivity index (χ4v) is 1.86. The highest BCUT2D eigenvalue weighted by Crippen LogP contribution is 2.61. The van der Waals surface area contributed by atoms with Gasteiger partial charge in [-0.15, -0.1) is 0 Å². The van der Waals surface area contributed by atoms with E-state index in [0.717, 1.165) is 14.1 Å². The van der Waals surface area contributed by atoms with Crippen molar-refractivity contribution in [1.29, 1.82) is 0 Å². The molecule has 0 spiro atoms. The zero-order chi connectivity index (χ0) is 24.6. The van der Waals surface area contributed by atoms with Crippen molar-refractivity contribution >= 4 is 5.91 Å². The number of hydrogen-bond donors (Lipinski definition) is 1. The number of amides is 1. The minimum atomic E-state index is -7.98. The summed E-state index contributed by atoms with van der Waals surface area (Å²) < 4.78 is 169. The fourth-order valence-electron chi connectivity index (χ4n) is 1.86. The van der Waals surface area contributed by atoms with Crippen molar-refractivity contribution in [3.8, 4) is 0 Å². The lowest BCUT2D eigenvalue weighted by Gasteiger charge is -2.44. The number of quaternary nitrogens is 1. The second-order valence-electron chi connectivity index (χ2n) is 6.26. The van der Waals surface area contributed by atoms with Crippen molar-refractivity contribution in [2.24, 2.45) is 0 Å². The van der Waals surface area contributed by atoms with Crippen LogP contribution in [-0.4, -0.2) is 80.3 Å². The number of likely N-dealkylation sites (N-methyl/N-ethyl adjacent to an activating group) is 1. The molecule has 0 aliphatic rings. The number of ether oxygens (including phenoxy) is 1. The molecule has 0 aromatic rings. The average Bonchev–Trinajstić information content (AvgIpc) is 2.41. The SMILES string of the molecule is C[N+](C)([O-])CCNC(=O)COC(C(F)(F)F)(C(F)(F)F)C(F)(F)C(F)(F)C(F)(F)F. The highest BCUT2D eigenvalue weighted by Gasteiger charge is 2.93. The first kappa shape index (κ1) is 28.4. The topological polar surface area (TPSA) is 61.4 Å². The monoisotopic (exact) mass is 480 g/mol. The van der Waals surface area contributed by atoms with E-state index in [-0.39, 0.29) is 0 Å². The van der Waals surface area contributed by atoms with Crippen LogP contribution in [0, 0.1) is 5.21 Å². The number of nitrogens with zero attached hydrogens (tertiary/aromatic N) is 1. The van der Waals surface area contributed by atoms with E-state index >= 15 is 0 Å². The van der Waals surface area contributed by atoms with Gasteiger partial charge in [-0.25, -0.2) is 0 Å². The minimum Gasteiger partial charge on any atom is -0.633 e. The van der Waals surface area contributed by atoms with E-state index in [1.807, 2.05) is 0 Å². The smallest absolute Gasteiger partial charge is 0.460 e. The highest BCUT2D eigenvalue weighted by molar-refractivity contribution is 5.77. The molecule has 0 aromatic carbocycles. The summed E-state index contributed by atoms with van der Waals surface area (Å²) in [6.45, 7) is -3.91. The third-order valence-electron chi connectivity index (χ3n) is 3.38. The molecule has 0 aliphatic carbocycles. The molecule has 0 bridgehead atoms. The van der Waals surface area contributed by atoms with Crippen molar-refractivity contribution < 1.29 is 71.3 Å². The molecule has 5 nitrogen and oxygen atoms in total. The lowest BCUT2D eigenvalue weighted by Crippen LogP contribution is -2.76. The first-order valence-electron chi connectivity index (χ1n) is 7.25. The lowest BCUT2D eigenvalue weighted by molar-refractivity contribution is -0.838. The van der Waals surface area contributed by atoms with Gasteiger partial charge in [0.2, 0.25) is 5.91 Å². The van der Waals surface area contributed by atoms with E-state index in [0.29, 0.717) is 0 Å². The third-order valence-corrected chi connectivity index (χ3v) is 3.38. The van der Waals surface area contributed by atoms with E-state index in [2.05, 4.69) is 4.74 Å². The van der Waals surface area contributed by atoms with Crippen LogP contribution in [0.2, 0.25) is 0 Å². The molecule has 0 saturated heterocycles. The lowest BCUT2D eigenvalue weighted by atomic mass is 9.88. The van der Waals surface area contributed by atoms with Crippen molar-refractivity contribution in [3.63, 3.8) is 0 Å². The molecule has 0 fully saturated rings. The van der Waals surface area contributed by atoms with Gasteiger partial charge in [-0.2, -0.15) is 57.1 Å². The zero-order valence-corrected chi connectivity index (χ0v) is 14.7. The van der Waals surface area contributed by atoms with Crippen LogP contribution in [0.25, 0.3) is 0 Å². The van der Waals surface area contributed by atoms with Crippen LogP contribution in [0.1, 0.15) is 0 Å². The number of hydroxylamine groups is 3. The van der Waals surface area contributed by atoms with Crippen molar-refractivity contribution in [2.45, 2.75) is 36.0 Å². The van der Waals surface area contributed by atoms with Crippen LogP contribution in [0.5, 0.6) is 0 Å². The van der Waals surface area contributed by atoms with Crippen LogP contribution in [-0.2, 0) is 9.53 Å². The largest absolute Gasteiger partial charge is 0.633 e. The summed E-state index contributed by atoms with van der Waals surface area (Å²) in [5.41, 5.74) is -7.41. The van der Waals surface area contributed by atoms with Crippen LogP contribution in [0.15, 0.2) is 0 Å². The number of rotatable bonds is 8. The Morgan fingerprint density at radius 2 is 1.20 bits per heavy atom. The summed E-state index contributed by atoms with van der Waals surface area (Å²) in [6.07, 6.45) is -22.7. The summed E-state index contributed by atoms with van der Waals surface area (Å²) in [6, 6.07) is 0. The van der Waals surface area contributed by atoms with Crippen molar-refractivity contribution in [1.82, 2.24) is 5.32 Å². The molecule has 18 heteroatoms. The van der Waals surface area contributed by atoms with E-state index in [1.165, 1.54) is 5.32 Å². The van der Waals surface area contributed by atoms with E-state index in [1.54, 1.807) is 0 Å². The second kappa shape index (κ2) is 8.18. The highest BCUT2D eigenvalue weighted by atomic mass is 19.4. The Labute approximate surface area is 158 Å². The van der Waals surface area contributed by atoms with Crippen LogP contribution in [0.3, 0.4) is 0 Å². The molecule has 0 radical (unpaired) electrons. The molecule has 0 rings (SSSR count). The molecule has 30 heavy (non-hydrogen) atoms. The van der Waals surface area contributed by atoms with Gasteiger partial charge in [-0.1, -0.05) is 0 Å². The van der Waals surface area contributed by atoms with Crippen molar-refractivity contribution in [3.05, 3.63) is 5.21 Å². The predicted octanol–water partition coefficient (Wildman–Crippen LogP) is 3.39. The van der Waals surface area contributed by atoms with Gasteiger partial charge in [0.25, 0.3) is 0 Å². The standard InChI is InChI=1S/C12H13F13N2O3/c1-27(2,29)4-3-26-6(28)5-30-7(10(17,18)19,11(20,21)22)8(13,14)9(15,16)12(23,24)25/h3-5H2,1-2H3,(H,26,28). The quantitative estimate of drug-likeness (QED) is 0.329. The Hall–Kier alpha value is -1.56. The first-order chi connectivity index (χ1) is 12.9. The van der Waals surface area contributed by atoms with Gasteiger partial charge in [0.05, 0.1) is 27.2 Å². The second-order valence-corrected chi connectivity index (χ2v) is 6.26. The van der Waals surface area contributed by atoms with Gasteiger partial charge in [0, 0.05) is 0 Å². The molecule has 0 atom stereocenters. The molecule has 0 saturated carbocycles. The van der Waals surface area contributed by atoms with E-state index in [4.69, 9.17) is 0 Å². The Kier molecular flexibility index (Phi) is 7.75. The van der Waals surface area contributed by atoms with Gasteiger partial charge >= 0.3 is 36.0 Å². The fraction of sp³-hybridized carbons (Fsp3) is 0.917. The van der Waals surface area contributed by atoms with Crippen molar-refractivity contribution in [2.75, 3.05) is 33.8 Å². The molecule has 1 N–H and O–H groups in total. The summed E-state index contributed by atoms with van der Waals surface area (Å²) in [4.78, 5) is 11.3. The molecule has 0 unspecified atom stereocenters. The Morgan fingerprint density at radius 3 is 1.50 bits per heavy atom. The normalized spacial score (nSPS) is 15.3. The van der Waals surface area contributed by atoms with Gasteiger partial charge in [-0.3, -0.25) is 4.79 Å². The minimum absolute atomic E-state index is 0.530. The van der Waals surface area contributed by atoms with Gasteiger partial charge < -0.3 is 19.9 Å². The molecule has 180 valence electrons. The maximum absolute atomic E-state index is 13.7. The van der Waals surface area contributed by atoms with E-state index in [9.17, 15) is 67.1 Å². The molecule has 0 aliphatic heterocycles. The number of carbonyl (C=O) groups excluding carboxylic acids is 1. The number of alkyl halides is 13. The Balaban J connectivity index is 6.18. The summed E-state index contributed by atoms with van der Waals surface area (Å²) >= 11 is 0. The Morgan fingerprint density at radius 1 is 0.800 bits per heavy atom. The number of halogens is 13. The third kappa shape index (κ3) is 5.37. The average molecular weight is 480 g/mol. The molecule has 0 aromatic heterocycles. The molecule has 0 heterocycles. The van der Waals surface area contributed by atoms with Crippen LogP contribution < -0.4 is 5.32 Å². The van der Waals surface area contributed by atoms with E-state index < -0.39 is 66.2 Å². The molecular formula is C12H13F13N2O3. The maximum atomic E-state index is 13.7. The maximum Gasteiger partial charge on any atom is 0.460 e. The van der Waals surface area contributed by atoms with Gasteiger partial charge in [0.15, 0.2) is 0 Å². The number of carbonyl (C=O) groups is 1.